The third kappa shape index (κ3) is 4.76. The number of halogens is 2. The molecule has 0 saturated carbocycles. The van der Waals surface area contributed by atoms with Crippen molar-refractivity contribution in [1.29, 1.82) is 0 Å². The van der Waals surface area contributed by atoms with E-state index in [1.807, 2.05) is 0 Å². The van der Waals surface area contributed by atoms with Gasteiger partial charge in [-0.25, -0.2) is 8.42 Å². The number of piperazine rings is 1. The van der Waals surface area contributed by atoms with Gasteiger partial charge in [-0.05, 0) is 18.2 Å². The molecule has 1 N–H and O–H groups in total. The Morgan fingerprint density at radius 3 is 2.27 bits per heavy atom. The van der Waals surface area contributed by atoms with Crippen LogP contribution in [0.2, 0.25) is 10.0 Å². The molecule has 1 saturated heterocycles. The van der Waals surface area contributed by atoms with Crippen LogP contribution in [0.1, 0.15) is 6.42 Å². The third-order valence-corrected chi connectivity index (χ3v) is 6.79. The van der Waals surface area contributed by atoms with Crippen LogP contribution in [0, 0.1) is 0 Å². The second kappa shape index (κ2) is 8.85. The number of nitrogens with zero attached hydrogens (tertiary/aromatic N) is 2. The lowest BCUT2D eigenvalue weighted by Crippen LogP contribution is -2.51. The van der Waals surface area contributed by atoms with Crippen LogP contribution in [0.25, 0.3) is 0 Å². The van der Waals surface area contributed by atoms with Gasteiger partial charge < -0.3 is 10.2 Å². The quantitative estimate of drug-likeness (QED) is 0.708. The normalized spacial score (nSPS) is 15.5. The lowest BCUT2D eigenvalue weighted by molar-refractivity contribution is -0.132. The molecule has 2 rings (SSSR count). The molecule has 1 aliphatic heterocycles. The zero-order chi connectivity index (χ0) is 19.3. The SMILES string of the molecule is C=CC(=O)NCCC(=O)N1CCN(S(=O)(=O)c2c(Cl)cccc2Cl)CC1. The highest BCUT2D eigenvalue weighted by Gasteiger charge is 2.32. The van der Waals surface area contributed by atoms with Crippen LogP contribution in [0.15, 0.2) is 35.7 Å². The van der Waals surface area contributed by atoms with Crippen LogP contribution < -0.4 is 5.32 Å². The molecule has 10 heteroatoms. The van der Waals surface area contributed by atoms with Crippen LogP contribution >= 0.6 is 23.2 Å². The molecule has 1 fully saturated rings. The van der Waals surface area contributed by atoms with Crippen molar-refractivity contribution in [2.24, 2.45) is 0 Å². The van der Waals surface area contributed by atoms with Gasteiger partial charge >= 0.3 is 0 Å². The molecule has 0 unspecified atom stereocenters. The molecular formula is C16H19Cl2N3O4S. The van der Waals surface area contributed by atoms with E-state index in [0.717, 1.165) is 6.08 Å². The Balaban J connectivity index is 1.96. The highest BCUT2D eigenvalue weighted by atomic mass is 35.5. The number of sulfonamides is 1. The minimum Gasteiger partial charge on any atom is -0.352 e. The first-order chi connectivity index (χ1) is 12.3. The summed E-state index contributed by atoms with van der Waals surface area (Å²) in [5, 5.41) is 2.66. The van der Waals surface area contributed by atoms with Crippen LogP contribution in [0.3, 0.4) is 0 Å². The predicted molar refractivity (Wildman–Crippen MR) is 99.6 cm³/mol. The summed E-state index contributed by atoms with van der Waals surface area (Å²) in [5.41, 5.74) is 0. The summed E-state index contributed by atoms with van der Waals surface area (Å²) >= 11 is 12.0. The molecule has 142 valence electrons. The van der Waals surface area contributed by atoms with Gasteiger partial charge in [-0.15, -0.1) is 0 Å². The van der Waals surface area contributed by atoms with E-state index < -0.39 is 10.0 Å². The Morgan fingerprint density at radius 1 is 1.15 bits per heavy atom. The summed E-state index contributed by atoms with van der Waals surface area (Å²) in [5.74, 6) is -0.493. The van der Waals surface area contributed by atoms with E-state index in [4.69, 9.17) is 23.2 Å². The first-order valence-corrected chi connectivity index (χ1v) is 10.1. The fourth-order valence-electron chi connectivity index (χ4n) is 2.56. The molecule has 26 heavy (non-hydrogen) atoms. The lowest BCUT2D eigenvalue weighted by atomic mass is 10.3. The first kappa shape index (κ1) is 20.7. The van der Waals surface area contributed by atoms with Crippen molar-refractivity contribution in [1.82, 2.24) is 14.5 Å². The van der Waals surface area contributed by atoms with Crippen molar-refractivity contribution < 1.29 is 18.0 Å². The molecule has 1 heterocycles. The van der Waals surface area contributed by atoms with Crippen LogP contribution in [-0.2, 0) is 19.6 Å². The van der Waals surface area contributed by atoms with E-state index in [-0.39, 0.29) is 65.9 Å². The van der Waals surface area contributed by atoms with Gasteiger partial charge in [0, 0.05) is 39.1 Å². The predicted octanol–water partition coefficient (Wildman–Crippen LogP) is 1.52. The van der Waals surface area contributed by atoms with Gasteiger partial charge in [-0.3, -0.25) is 9.59 Å². The topological polar surface area (TPSA) is 86.8 Å². The molecular weight excluding hydrogens is 401 g/mol. The largest absolute Gasteiger partial charge is 0.352 e. The maximum absolute atomic E-state index is 12.8. The molecule has 2 amide bonds. The van der Waals surface area contributed by atoms with Gasteiger partial charge in [0.25, 0.3) is 0 Å². The molecule has 0 aliphatic carbocycles. The Labute approximate surface area is 162 Å². The second-order valence-corrected chi connectivity index (χ2v) is 8.27. The average molecular weight is 420 g/mol. The fourth-order valence-corrected chi connectivity index (χ4v) is 5.07. The molecule has 0 aromatic heterocycles. The number of nitrogens with one attached hydrogen (secondary N) is 1. The Morgan fingerprint density at radius 2 is 1.73 bits per heavy atom. The van der Waals surface area contributed by atoms with E-state index >= 15 is 0 Å². The molecule has 0 spiro atoms. The summed E-state index contributed by atoms with van der Waals surface area (Å²) in [7, 11) is -3.84. The smallest absolute Gasteiger partial charge is 0.246 e. The molecule has 0 atom stereocenters. The van der Waals surface area contributed by atoms with Gasteiger partial charge in [-0.2, -0.15) is 4.31 Å². The average Bonchev–Trinajstić information content (AvgIpc) is 2.61. The number of carbonyl (C=O) groups excluding carboxylic acids is 2. The number of rotatable bonds is 6. The highest BCUT2D eigenvalue weighted by molar-refractivity contribution is 7.89. The van der Waals surface area contributed by atoms with Crippen LogP contribution in [-0.4, -0.2) is 62.2 Å². The van der Waals surface area contributed by atoms with Crippen molar-refractivity contribution in [3.8, 4) is 0 Å². The Kier molecular flexibility index (Phi) is 7.05. The zero-order valence-electron chi connectivity index (χ0n) is 14.0. The summed E-state index contributed by atoms with van der Waals surface area (Å²) in [6.07, 6.45) is 1.27. The van der Waals surface area contributed by atoms with Crippen molar-refractivity contribution in [3.63, 3.8) is 0 Å². The van der Waals surface area contributed by atoms with E-state index in [0.29, 0.717) is 0 Å². The fraction of sp³-hybridized carbons (Fsp3) is 0.375. The summed E-state index contributed by atoms with van der Waals surface area (Å²) < 4.78 is 26.8. The number of hydrogen-bond donors (Lipinski definition) is 1. The van der Waals surface area contributed by atoms with E-state index in [9.17, 15) is 18.0 Å². The number of hydrogen-bond acceptors (Lipinski definition) is 4. The summed E-state index contributed by atoms with van der Waals surface area (Å²) in [6.45, 7) is 4.35. The van der Waals surface area contributed by atoms with E-state index in [1.165, 1.54) is 16.4 Å². The highest BCUT2D eigenvalue weighted by Crippen LogP contribution is 2.31. The van der Waals surface area contributed by atoms with Crippen molar-refractivity contribution >= 4 is 45.0 Å². The minimum atomic E-state index is -3.84. The third-order valence-electron chi connectivity index (χ3n) is 3.93. The monoisotopic (exact) mass is 419 g/mol. The van der Waals surface area contributed by atoms with Crippen LogP contribution in [0.4, 0.5) is 0 Å². The Hall–Kier alpha value is -1.61. The molecule has 7 nitrogen and oxygen atoms in total. The van der Waals surface area contributed by atoms with Crippen molar-refractivity contribution in [2.75, 3.05) is 32.7 Å². The van der Waals surface area contributed by atoms with E-state index in [1.54, 1.807) is 11.0 Å². The summed E-state index contributed by atoms with van der Waals surface area (Å²) in [4.78, 5) is 24.7. The first-order valence-electron chi connectivity index (χ1n) is 7.89. The number of amides is 2. The maximum atomic E-state index is 12.8. The van der Waals surface area contributed by atoms with Crippen molar-refractivity contribution in [3.05, 3.63) is 40.9 Å². The lowest BCUT2D eigenvalue weighted by Gasteiger charge is -2.34. The maximum Gasteiger partial charge on any atom is 0.246 e. The van der Waals surface area contributed by atoms with Gasteiger partial charge in [0.05, 0.1) is 10.0 Å². The second-order valence-electron chi connectivity index (χ2n) is 5.58. The van der Waals surface area contributed by atoms with Gasteiger partial charge in [0.15, 0.2) is 0 Å². The van der Waals surface area contributed by atoms with E-state index in [2.05, 4.69) is 11.9 Å². The Bertz CT molecular complexity index is 785. The summed E-state index contributed by atoms with van der Waals surface area (Å²) in [6, 6.07) is 4.51. The number of carbonyl (C=O) groups is 2. The van der Waals surface area contributed by atoms with Gasteiger partial charge in [-0.1, -0.05) is 35.8 Å². The standard InChI is InChI=1S/C16H19Cl2N3O4S/c1-2-14(22)19-7-6-15(23)20-8-10-21(11-9-20)26(24,25)16-12(17)4-3-5-13(16)18/h2-5H,1,6-11H2,(H,19,22). The molecule has 1 aromatic rings. The minimum absolute atomic E-state index is 0.0639. The van der Waals surface area contributed by atoms with Crippen LogP contribution in [0.5, 0.6) is 0 Å². The number of benzene rings is 1. The van der Waals surface area contributed by atoms with Gasteiger partial charge in [0.2, 0.25) is 21.8 Å². The molecule has 1 aromatic carbocycles. The molecule has 1 aliphatic rings. The van der Waals surface area contributed by atoms with Crippen molar-refractivity contribution in [2.45, 2.75) is 11.3 Å². The molecule has 0 bridgehead atoms. The zero-order valence-corrected chi connectivity index (χ0v) is 16.3. The van der Waals surface area contributed by atoms with Gasteiger partial charge in [0.1, 0.15) is 4.90 Å². The molecule has 0 radical (unpaired) electrons.